The minimum Gasteiger partial charge on any atom is -0.309 e. The zero-order valence-electron chi connectivity index (χ0n) is 53.7. The van der Waals surface area contributed by atoms with Crippen LogP contribution in [-0.2, 0) is 61.8 Å². The minimum absolute atomic E-state index is 0.238. The Bertz CT molecular complexity index is 5650. The summed E-state index contributed by atoms with van der Waals surface area (Å²) < 4.78 is 444. The Labute approximate surface area is 595 Å². The molecule has 0 aliphatic rings. The molecular weight excluding hydrogens is 1540 g/mol. The second-order valence-corrected chi connectivity index (χ2v) is 24.9. The van der Waals surface area contributed by atoms with E-state index < -0.39 is 223 Å². The molecule has 2 heterocycles. The van der Waals surface area contributed by atoms with E-state index in [1.807, 2.05) is 6.07 Å². The van der Waals surface area contributed by atoms with E-state index in [9.17, 15) is 57.9 Å². The normalized spacial score (nSPS) is 13.4. The van der Waals surface area contributed by atoms with Crippen molar-refractivity contribution < 1.29 is 132 Å². The van der Waals surface area contributed by atoms with Gasteiger partial charge >= 0.3 is 61.8 Å². The predicted molar refractivity (Wildman–Crippen MR) is 342 cm³/mol. The molecule has 0 bridgehead atoms. The first-order chi connectivity index (χ1) is 50.8. The summed E-state index contributed by atoms with van der Waals surface area (Å²) in [5, 5.41) is 9.64. The van der Waals surface area contributed by atoms with Crippen LogP contribution in [0.5, 0.6) is 0 Å². The molecule has 566 valence electrons. The number of hydrogen-bond acceptors (Lipinski definition) is 1. The zero-order chi connectivity index (χ0) is 80.2. The summed E-state index contributed by atoms with van der Waals surface area (Å²) in [4.78, 5) is 0. The molecule has 13 aromatic rings. The van der Waals surface area contributed by atoms with Crippen molar-refractivity contribution in [3.05, 3.63) is 261 Å². The number of rotatable bonds is 8. The summed E-state index contributed by atoms with van der Waals surface area (Å²) in [5.74, 6) is 0. The molecule has 33 heteroatoms. The van der Waals surface area contributed by atoms with E-state index in [0.29, 0.717) is 42.5 Å². The van der Waals surface area contributed by atoms with Crippen LogP contribution in [0, 0.1) is 11.3 Å². The largest absolute Gasteiger partial charge is 0.417 e. The summed E-state index contributed by atoms with van der Waals surface area (Å²) >= 11 is 0. The summed E-state index contributed by atoms with van der Waals surface area (Å²) in [7, 11) is 0. The number of fused-ring (bicyclic) bond motifs is 6. The van der Waals surface area contributed by atoms with E-state index in [-0.39, 0.29) is 82.7 Å². The lowest BCUT2D eigenvalue weighted by atomic mass is 9.89. The average Bonchev–Trinajstić information content (AvgIpc) is 1.54. The summed E-state index contributed by atoms with van der Waals surface area (Å²) in [6.07, 6.45) is -55.4. The van der Waals surface area contributed by atoms with E-state index >= 15 is 79.0 Å². The first-order valence-corrected chi connectivity index (χ1v) is 31.1. The van der Waals surface area contributed by atoms with Crippen LogP contribution in [0.25, 0.3) is 122 Å². The molecule has 0 spiro atoms. The second-order valence-electron chi connectivity index (χ2n) is 24.9. The Morgan fingerprint density at radius 3 is 0.764 bits per heavy atom. The Kier molecular flexibility index (Phi) is 18.0. The van der Waals surface area contributed by atoms with Gasteiger partial charge in [0.1, 0.15) is 0 Å². The van der Waals surface area contributed by atoms with Crippen molar-refractivity contribution in [2.24, 2.45) is 0 Å². The van der Waals surface area contributed by atoms with E-state index in [0.717, 1.165) is 106 Å². The van der Waals surface area contributed by atoms with Gasteiger partial charge in [-0.05, 0) is 184 Å². The number of aromatic nitrogens is 2. The van der Waals surface area contributed by atoms with Gasteiger partial charge in [0, 0.05) is 38.2 Å². The lowest BCUT2D eigenvalue weighted by Crippen LogP contribution is -2.14. The molecule has 0 atom stereocenters. The van der Waals surface area contributed by atoms with E-state index in [2.05, 4.69) is 0 Å². The van der Waals surface area contributed by atoms with Crippen LogP contribution in [0.4, 0.5) is 132 Å². The molecule has 11 aromatic carbocycles. The van der Waals surface area contributed by atoms with Crippen molar-refractivity contribution in [3.8, 4) is 84.2 Å². The minimum atomic E-state index is -5.69. The fourth-order valence-corrected chi connectivity index (χ4v) is 13.6. The topological polar surface area (TPSA) is 33.6 Å². The lowest BCUT2D eigenvalue weighted by molar-refractivity contribution is -0.144. The van der Waals surface area contributed by atoms with Crippen LogP contribution in [0.15, 0.2) is 200 Å². The van der Waals surface area contributed by atoms with E-state index in [1.54, 1.807) is 0 Å². The quantitative estimate of drug-likeness (QED) is 0.140. The highest BCUT2D eigenvalue weighted by molar-refractivity contribution is 6.14. The molecule has 0 aliphatic carbocycles. The van der Waals surface area contributed by atoms with Gasteiger partial charge in [-0.1, -0.05) is 66.7 Å². The van der Waals surface area contributed by atoms with Gasteiger partial charge in [0.2, 0.25) is 0 Å². The van der Waals surface area contributed by atoms with Gasteiger partial charge in [0.25, 0.3) is 0 Å². The van der Waals surface area contributed by atoms with E-state index in [1.165, 1.54) is 0 Å². The maximum absolute atomic E-state index is 15.4. The van der Waals surface area contributed by atoms with Crippen LogP contribution in [0.2, 0.25) is 0 Å². The first-order valence-electron chi connectivity index (χ1n) is 31.1. The van der Waals surface area contributed by atoms with Crippen molar-refractivity contribution in [1.82, 2.24) is 9.13 Å². The van der Waals surface area contributed by atoms with Crippen molar-refractivity contribution in [2.75, 3.05) is 0 Å². The second kappa shape index (κ2) is 25.8. The van der Waals surface area contributed by atoms with Crippen LogP contribution >= 0.6 is 0 Å². The molecular formula is C77H33F30N3. The molecule has 110 heavy (non-hydrogen) atoms. The third-order valence-electron chi connectivity index (χ3n) is 18.3. The highest BCUT2D eigenvalue weighted by Gasteiger charge is 2.46. The monoisotopic (exact) mass is 1570 g/mol. The molecule has 0 saturated heterocycles. The molecule has 0 unspecified atom stereocenters. The maximum atomic E-state index is 15.4. The van der Waals surface area contributed by atoms with Crippen LogP contribution in [0.3, 0.4) is 0 Å². The highest BCUT2D eigenvalue weighted by atomic mass is 19.4. The fourth-order valence-electron chi connectivity index (χ4n) is 13.6. The number of benzene rings is 11. The van der Waals surface area contributed by atoms with Gasteiger partial charge in [-0.25, -0.2) is 0 Å². The molecule has 0 aliphatic heterocycles. The van der Waals surface area contributed by atoms with Crippen molar-refractivity contribution in [1.29, 1.82) is 5.26 Å². The maximum Gasteiger partial charge on any atom is 0.417 e. The SMILES string of the molecule is N#Cc1cccc(-n2c3ccc(-c4ccc(C(F)(F)F)cc4C(F)(F)F)cc3c3cc(-c4ccc(C(F)(F)F)cc4C(F)(F)F)ccc32)c1-c1cc(-c2c(C(F)(F)F)cccc2C(F)(F)F)ccc1-n1c2ccc(-c3ccc(C(F)(F)F)cc3C(F)(F)F)cc2c2cc(-c3ccc(C(F)(F)F)cc3C(F)(F)F)ccc21. The molecule has 0 N–H and O–H groups in total. The number of nitriles is 1. The third-order valence-corrected chi connectivity index (χ3v) is 18.3. The molecule has 3 nitrogen and oxygen atoms in total. The van der Waals surface area contributed by atoms with Crippen LogP contribution < -0.4 is 0 Å². The van der Waals surface area contributed by atoms with Gasteiger partial charge in [0.15, 0.2) is 0 Å². The average molecular weight is 1570 g/mol. The Balaban J connectivity index is 1.18. The molecule has 2 aromatic heterocycles. The Hall–Kier alpha value is -11.6. The predicted octanol–water partition coefficient (Wildman–Crippen LogP) is 27.9. The molecule has 0 amide bonds. The van der Waals surface area contributed by atoms with Gasteiger partial charge in [-0.3, -0.25) is 0 Å². The fraction of sp³-hybridized carbons (Fsp3) is 0.130. The number of alkyl halides is 30. The number of halogens is 30. The third kappa shape index (κ3) is 13.9. The van der Waals surface area contributed by atoms with Gasteiger partial charge in [0.05, 0.1) is 101 Å². The first kappa shape index (κ1) is 76.6. The zero-order valence-corrected chi connectivity index (χ0v) is 53.7. The van der Waals surface area contributed by atoms with Gasteiger partial charge < -0.3 is 9.13 Å². The van der Waals surface area contributed by atoms with Crippen molar-refractivity contribution >= 4 is 43.6 Å². The van der Waals surface area contributed by atoms with Gasteiger partial charge in [-0.15, -0.1) is 0 Å². The van der Waals surface area contributed by atoms with Crippen LogP contribution in [0.1, 0.15) is 61.2 Å². The Morgan fingerprint density at radius 1 is 0.218 bits per heavy atom. The van der Waals surface area contributed by atoms with Crippen molar-refractivity contribution in [2.45, 2.75) is 61.8 Å². The highest BCUT2D eigenvalue weighted by Crippen LogP contribution is 2.53. The van der Waals surface area contributed by atoms with Gasteiger partial charge in [-0.2, -0.15) is 137 Å². The molecule has 13 rings (SSSR count). The summed E-state index contributed by atoms with van der Waals surface area (Å²) in [6.45, 7) is 0. The number of hydrogen-bond donors (Lipinski definition) is 0. The summed E-state index contributed by atoms with van der Waals surface area (Å²) in [6, 6.07) is 20.4. The molecule has 0 radical (unpaired) electrons. The standard InChI is InChI=1S/C77H33F30N3/c78-68(79,80)41-12-16-45(56(30-41)74(96,97)98)35-7-20-60-49(25-35)50-26-36(46-17-13-42(69(81,82)83)31-57(46)75(99,100)101)8-21-61(50)109(60)64-24-11-39(67-54(72(90,91)92)4-2-5-55(67)73(93,94)95)29-53(64)66-40(34-108)3-1-6-65(66)110-62-22-9-37(47-18-14-43(70(84,85)86)32-58(47)76(102,103)104)27-51(62)52-28-38(10-23-63(52)110)48-19-15-44(71(87,88)89)33-59(48)77(105,106)107/h1-33H. The van der Waals surface area contributed by atoms with Crippen molar-refractivity contribution in [3.63, 3.8) is 0 Å². The molecule has 0 fully saturated rings. The van der Waals surface area contributed by atoms with Crippen LogP contribution in [-0.4, -0.2) is 9.13 Å². The van der Waals surface area contributed by atoms with E-state index in [4.69, 9.17) is 0 Å². The lowest BCUT2D eigenvalue weighted by Gasteiger charge is -2.23. The smallest absolute Gasteiger partial charge is 0.309 e. The Morgan fingerprint density at radius 2 is 0.491 bits per heavy atom. The molecule has 0 saturated carbocycles. The summed E-state index contributed by atoms with van der Waals surface area (Å²) in [5.41, 5.74) is -32.4. The number of nitrogens with zero attached hydrogens (tertiary/aromatic N) is 3.